The molecule has 2 heterocycles. The van der Waals surface area contributed by atoms with E-state index in [0.717, 1.165) is 47.6 Å². The Morgan fingerprint density at radius 1 is 1.12 bits per heavy atom. The number of hydrogen-bond donors (Lipinski definition) is 1. The Kier molecular flexibility index (Phi) is 5.38. The molecule has 2 fully saturated rings. The number of nitrogens with one attached hydrogen (secondary N) is 1. The molecule has 2 aromatic rings. The van der Waals surface area contributed by atoms with Crippen LogP contribution < -0.4 is 10.2 Å². The molecule has 12 heteroatoms. The number of carbonyl (C=O) groups is 2. The molecule has 33 heavy (non-hydrogen) atoms. The Morgan fingerprint density at radius 2 is 1.76 bits per heavy atom. The number of pyridine rings is 1. The number of alkyl halides is 3. The van der Waals surface area contributed by atoms with Gasteiger partial charge in [-0.15, -0.1) is 0 Å². The van der Waals surface area contributed by atoms with E-state index in [1.807, 2.05) is 0 Å². The number of sulfone groups is 1. The summed E-state index contributed by atoms with van der Waals surface area (Å²) in [4.78, 5) is 31.7. The molecule has 176 valence electrons. The normalized spacial score (nSPS) is 18.7. The third-order valence-electron chi connectivity index (χ3n) is 5.63. The molecule has 0 spiro atoms. The first-order chi connectivity index (χ1) is 15.3. The number of carbonyl (C=O) groups excluding carboxylic acids is 2. The number of rotatable bonds is 6. The van der Waals surface area contributed by atoms with Gasteiger partial charge < -0.3 is 10.2 Å². The summed E-state index contributed by atoms with van der Waals surface area (Å²) in [6, 6.07) is 6.73. The zero-order valence-corrected chi connectivity index (χ0v) is 18.6. The van der Waals surface area contributed by atoms with Crippen molar-refractivity contribution in [1.29, 1.82) is 0 Å². The van der Waals surface area contributed by atoms with Crippen molar-refractivity contribution < 1.29 is 31.2 Å². The minimum atomic E-state index is -5.54. The number of nitrogens with zero attached hydrogens (tertiary/aromatic N) is 3. The van der Waals surface area contributed by atoms with Crippen molar-refractivity contribution in [3.05, 3.63) is 48.2 Å². The molecule has 0 atom stereocenters. The van der Waals surface area contributed by atoms with Crippen molar-refractivity contribution in [2.75, 3.05) is 10.2 Å². The highest BCUT2D eigenvalue weighted by atomic mass is 32.2. The summed E-state index contributed by atoms with van der Waals surface area (Å²) in [7, 11) is -5.54. The van der Waals surface area contributed by atoms with E-state index in [1.54, 1.807) is 32.2 Å². The van der Waals surface area contributed by atoms with E-state index in [0.29, 0.717) is 11.9 Å². The topological polar surface area (TPSA) is 99.7 Å². The van der Waals surface area contributed by atoms with Crippen molar-refractivity contribution in [3.63, 3.8) is 0 Å². The minimum absolute atomic E-state index is 0.0208. The van der Waals surface area contributed by atoms with E-state index in [1.165, 1.54) is 4.90 Å². The minimum Gasteiger partial charge on any atom is -0.367 e. The van der Waals surface area contributed by atoms with Gasteiger partial charge in [0.1, 0.15) is 11.4 Å². The van der Waals surface area contributed by atoms with Crippen LogP contribution in [0.5, 0.6) is 0 Å². The zero-order valence-electron chi connectivity index (χ0n) is 17.8. The lowest BCUT2D eigenvalue weighted by molar-refractivity contribution is -0.123. The Hall–Kier alpha value is -3.15. The van der Waals surface area contributed by atoms with Gasteiger partial charge in [-0.25, -0.2) is 23.1 Å². The van der Waals surface area contributed by atoms with Crippen LogP contribution >= 0.6 is 0 Å². The maximum Gasteiger partial charge on any atom is 0.501 e. The number of halogens is 3. The summed E-state index contributed by atoms with van der Waals surface area (Å²) in [5.41, 5.74) is -5.96. The molecule has 1 saturated carbocycles. The smallest absolute Gasteiger partial charge is 0.367 e. The molecule has 2 aliphatic rings. The second-order valence-electron chi connectivity index (χ2n) is 8.48. The highest BCUT2D eigenvalue weighted by Crippen LogP contribution is 2.35. The summed E-state index contributed by atoms with van der Waals surface area (Å²) in [5.74, 6) is 0.0911. The number of urea groups is 1. The number of imide groups is 1. The first-order valence-electron chi connectivity index (χ1n) is 10.1. The molecule has 0 bridgehead atoms. The van der Waals surface area contributed by atoms with Gasteiger partial charge in [0.05, 0.1) is 10.6 Å². The van der Waals surface area contributed by atoms with Gasteiger partial charge in [0.2, 0.25) is 0 Å². The van der Waals surface area contributed by atoms with Crippen LogP contribution in [0.2, 0.25) is 0 Å². The van der Waals surface area contributed by atoms with Crippen LogP contribution in [-0.2, 0) is 21.2 Å². The van der Waals surface area contributed by atoms with E-state index in [4.69, 9.17) is 0 Å². The van der Waals surface area contributed by atoms with Crippen LogP contribution in [0.4, 0.5) is 29.5 Å². The molecule has 8 nitrogen and oxygen atoms in total. The SMILES string of the molecule is CC1(C)C(=O)N(c2ccc(S(=O)(=O)C(F)(F)F)cc2)C(=O)N1Cc1ccnc(NC2CC2)c1. The fraction of sp³-hybridized carbons (Fsp3) is 0.381. The molecule has 1 aliphatic heterocycles. The molecule has 1 saturated heterocycles. The van der Waals surface area contributed by atoms with Gasteiger partial charge in [-0.05, 0) is 68.7 Å². The van der Waals surface area contributed by atoms with E-state index >= 15 is 0 Å². The fourth-order valence-electron chi connectivity index (χ4n) is 3.51. The second kappa shape index (κ2) is 7.72. The van der Waals surface area contributed by atoms with Crippen LogP contribution in [0, 0.1) is 0 Å². The molecule has 3 amide bonds. The predicted molar refractivity (Wildman–Crippen MR) is 113 cm³/mol. The molecular weight excluding hydrogens is 461 g/mol. The number of aromatic nitrogens is 1. The standard InChI is InChI=1S/C21H21F3N4O4S/c1-20(2)18(29)28(15-5-7-16(8-6-15)33(31,32)21(22,23)24)19(30)27(20)12-13-9-10-25-17(11-13)26-14-3-4-14/h5-11,14H,3-4,12H2,1-2H3,(H,25,26). The first kappa shape index (κ1) is 23.0. The molecule has 1 aromatic carbocycles. The number of hydrogen-bond acceptors (Lipinski definition) is 6. The molecule has 0 radical (unpaired) electrons. The van der Waals surface area contributed by atoms with Crippen molar-refractivity contribution in [3.8, 4) is 0 Å². The third-order valence-corrected chi connectivity index (χ3v) is 7.13. The average molecular weight is 482 g/mol. The maximum atomic E-state index is 13.2. The highest BCUT2D eigenvalue weighted by molar-refractivity contribution is 7.92. The maximum absolute atomic E-state index is 13.2. The van der Waals surface area contributed by atoms with Gasteiger partial charge in [0.25, 0.3) is 15.7 Å². The summed E-state index contributed by atoms with van der Waals surface area (Å²) in [5, 5.41) is 3.26. The van der Waals surface area contributed by atoms with Crippen molar-refractivity contribution in [2.24, 2.45) is 0 Å². The lowest BCUT2D eigenvalue weighted by Crippen LogP contribution is -2.43. The van der Waals surface area contributed by atoms with E-state index < -0.39 is 37.7 Å². The fourth-order valence-corrected chi connectivity index (χ4v) is 4.27. The summed E-state index contributed by atoms with van der Waals surface area (Å²) in [6.07, 6.45) is 3.74. The van der Waals surface area contributed by atoms with Gasteiger partial charge in [0, 0.05) is 18.8 Å². The second-order valence-corrected chi connectivity index (χ2v) is 10.4. The van der Waals surface area contributed by atoms with Crippen LogP contribution in [0.25, 0.3) is 0 Å². The number of benzene rings is 1. The summed E-state index contributed by atoms with van der Waals surface area (Å²) >= 11 is 0. The zero-order chi connectivity index (χ0) is 24.2. The third kappa shape index (κ3) is 4.14. The Morgan fingerprint density at radius 3 is 2.33 bits per heavy atom. The Bertz CT molecular complexity index is 1210. The van der Waals surface area contributed by atoms with Crippen LogP contribution in [-0.4, -0.2) is 47.3 Å². The summed E-state index contributed by atoms with van der Waals surface area (Å²) < 4.78 is 61.5. The van der Waals surface area contributed by atoms with Crippen LogP contribution in [0.1, 0.15) is 32.3 Å². The van der Waals surface area contributed by atoms with Gasteiger partial charge in [-0.3, -0.25) is 4.79 Å². The molecular formula is C21H21F3N4O4S. The summed E-state index contributed by atoms with van der Waals surface area (Å²) in [6.45, 7) is 3.25. The van der Waals surface area contributed by atoms with Crippen LogP contribution in [0.15, 0.2) is 47.5 Å². The van der Waals surface area contributed by atoms with Crippen molar-refractivity contribution >= 4 is 33.3 Å². The van der Waals surface area contributed by atoms with Gasteiger partial charge in [-0.1, -0.05) is 0 Å². The van der Waals surface area contributed by atoms with Gasteiger partial charge >= 0.3 is 11.5 Å². The molecule has 1 aromatic heterocycles. The lowest BCUT2D eigenvalue weighted by Gasteiger charge is -2.27. The largest absolute Gasteiger partial charge is 0.501 e. The average Bonchev–Trinajstić information content (AvgIpc) is 3.53. The van der Waals surface area contributed by atoms with Gasteiger partial charge in [0.15, 0.2) is 0 Å². The molecule has 1 N–H and O–H groups in total. The van der Waals surface area contributed by atoms with E-state index in [9.17, 15) is 31.2 Å². The van der Waals surface area contributed by atoms with Crippen molar-refractivity contribution in [2.45, 2.75) is 55.2 Å². The number of anilines is 2. The van der Waals surface area contributed by atoms with E-state index in [-0.39, 0.29) is 12.2 Å². The van der Waals surface area contributed by atoms with Gasteiger partial charge in [-0.2, -0.15) is 13.2 Å². The van der Waals surface area contributed by atoms with Crippen LogP contribution in [0.3, 0.4) is 0 Å². The molecule has 1 aliphatic carbocycles. The molecule has 4 rings (SSSR count). The highest BCUT2D eigenvalue weighted by Gasteiger charge is 2.52. The van der Waals surface area contributed by atoms with E-state index in [2.05, 4.69) is 10.3 Å². The lowest BCUT2D eigenvalue weighted by atomic mass is 10.0. The monoisotopic (exact) mass is 482 g/mol. The molecule has 0 unspecified atom stereocenters. The van der Waals surface area contributed by atoms with Crippen molar-refractivity contribution in [1.82, 2.24) is 9.88 Å². The first-order valence-corrected chi connectivity index (χ1v) is 11.6. The predicted octanol–water partition coefficient (Wildman–Crippen LogP) is 3.70. The number of amides is 3. The quantitative estimate of drug-likeness (QED) is 0.631. The Labute approximate surface area is 188 Å². The Balaban J connectivity index is 1.59.